The Bertz CT molecular complexity index is 428. The maximum absolute atomic E-state index is 11.4. The third kappa shape index (κ3) is 1.84. The number of thioether (sulfide) groups is 1. The van der Waals surface area contributed by atoms with Crippen molar-refractivity contribution in [2.24, 2.45) is 0 Å². The molecule has 1 aromatic carbocycles. The molecule has 0 saturated carbocycles. The topological polar surface area (TPSA) is 26.3 Å². The van der Waals surface area contributed by atoms with E-state index in [2.05, 4.69) is 13.2 Å². The molecule has 2 rings (SSSR count). The van der Waals surface area contributed by atoms with Crippen molar-refractivity contribution in [3.8, 4) is 5.75 Å². The maximum Gasteiger partial charge on any atom is 0.159 e. The van der Waals surface area contributed by atoms with Crippen molar-refractivity contribution >= 4 is 17.5 Å². The van der Waals surface area contributed by atoms with E-state index in [4.69, 9.17) is 4.74 Å². The maximum atomic E-state index is 11.4. The van der Waals surface area contributed by atoms with Crippen molar-refractivity contribution in [1.29, 1.82) is 0 Å². The fourth-order valence-corrected chi connectivity index (χ4v) is 2.66. The molecule has 3 heteroatoms. The van der Waals surface area contributed by atoms with E-state index in [-0.39, 0.29) is 10.5 Å². The first kappa shape index (κ1) is 11.5. The number of rotatable bonds is 2. The lowest BCUT2D eigenvalue weighted by atomic mass is 9.92. The van der Waals surface area contributed by atoms with Gasteiger partial charge in [0, 0.05) is 22.3 Å². The average Bonchev–Trinajstić information content (AvgIpc) is 2.29. The molecular weight excluding hydrogens is 220 g/mol. The van der Waals surface area contributed by atoms with Gasteiger partial charge in [-0.15, -0.1) is 0 Å². The number of ether oxygens (including phenoxy) is 1. The van der Waals surface area contributed by atoms with Gasteiger partial charge in [-0.3, -0.25) is 4.79 Å². The molecule has 0 spiro atoms. The van der Waals surface area contributed by atoms with Crippen molar-refractivity contribution in [2.45, 2.75) is 25.0 Å². The summed E-state index contributed by atoms with van der Waals surface area (Å²) in [5, 5.41) is 0. The molecule has 2 nitrogen and oxygen atoms in total. The van der Waals surface area contributed by atoms with Gasteiger partial charge in [0.15, 0.2) is 5.78 Å². The summed E-state index contributed by atoms with van der Waals surface area (Å²) in [5.41, 5.74) is 1.92. The van der Waals surface area contributed by atoms with Crippen molar-refractivity contribution < 1.29 is 9.53 Å². The van der Waals surface area contributed by atoms with E-state index in [0.717, 1.165) is 29.9 Å². The van der Waals surface area contributed by atoms with Gasteiger partial charge in [-0.1, -0.05) is 0 Å². The number of ketones is 1. The highest BCUT2D eigenvalue weighted by Crippen LogP contribution is 2.45. The van der Waals surface area contributed by atoms with Crippen LogP contribution in [-0.4, -0.2) is 18.6 Å². The SMILES string of the molecule is CS[C@]1(C)CCOc2ccc(C(C)=O)cc21. The third-order valence-corrected chi connectivity index (χ3v) is 4.57. The van der Waals surface area contributed by atoms with Crippen LogP contribution < -0.4 is 4.74 Å². The zero-order chi connectivity index (χ0) is 11.8. The molecule has 0 N–H and O–H groups in total. The van der Waals surface area contributed by atoms with Crippen molar-refractivity contribution in [3.63, 3.8) is 0 Å². The molecule has 0 amide bonds. The lowest BCUT2D eigenvalue weighted by Gasteiger charge is -2.34. The Labute approximate surface area is 100 Å². The Morgan fingerprint density at radius 2 is 2.25 bits per heavy atom. The third-order valence-electron chi connectivity index (χ3n) is 3.24. The second kappa shape index (κ2) is 4.13. The molecule has 0 fully saturated rings. The van der Waals surface area contributed by atoms with E-state index in [9.17, 15) is 4.79 Å². The molecular formula is C13H16O2S. The quantitative estimate of drug-likeness (QED) is 0.737. The molecule has 1 aromatic rings. The fourth-order valence-electron chi connectivity index (χ4n) is 1.99. The molecule has 0 bridgehead atoms. The number of carbonyl (C=O) groups excluding carboxylic acids is 1. The molecule has 86 valence electrons. The summed E-state index contributed by atoms with van der Waals surface area (Å²) < 4.78 is 5.70. The van der Waals surface area contributed by atoms with E-state index in [1.54, 1.807) is 6.92 Å². The van der Waals surface area contributed by atoms with Crippen LogP contribution in [0.15, 0.2) is 18.2 Å². The second-order valence-corrected chi connectivity index (χ2v) is 5.61. The van der Waals surface area contributed by atoms with Crippen LogP contribution in [0.3, 0.4) is 0 Å². The van der Waals surface area contributed by atoms with Crippen LogP contribution in [0, 0.1) is 0 Å². The van der Waals surface area contributed by atoms with Gasteiger partial charge in [0.1, 0.15) is 5.75 Å². The van der Waals surface area contributed by atoms with E-state index < -0.39 is 0 Å². The standard InChI is InChI=1S/C13H16O2S/c1-9(14)10-4-5-12-11(8-10)13(2,16-3)6-7-15-12/h4-5,8H,6-7H2,1-3H3/t13-/m1/s1. The minimum atomic E-state index is 0.0685. The Balaban J connectivity index is 2.53. The van der Waals surface area contributed by atoms with Crippen LogP contribution in [0.1, 0.15) is 36.2 Å². The van der Waals surface area contributed by atoms with Gasteiger partial charge < -0.3 is 4.74 Å². The number of carbonyl (C=O) groups is 1. The van der Waals surface area contributed by atoms with Crippen LogP contribution in [0.5, 0.6) is 5.75 Å². The molecule has 0 unspecified atom stereocenters. The Kier molecular flexibility index (Phi) is 2.98. The largest absolute Gasteiger partial charge is 0.493 e. The highest BCUT2D eigenvalue weighted by molar-refractivity contribution is 7.99. The summed E-state index contributed by atoms with van der Waals surface area (Å²) in [6, 6.07) is 5.74. The van der Waals surface area contributed by atoms with Gasteiger partial charge in [0.25, 0.3) is 0 Å². The number of benzene rings is 1. The fraction of sp³-hybridized carbons (Fsp3) is 0.462. The van der Waals surface area contributed by atoms with Crippen molar-refractivity contribution in [3.05, 3.63) is 29.3 Å². The van der Waals surface area contributed by atoms with Gasteiger partial charge in [-0.05, 0) is 38.3 Å². The molecule has 1 heterocycles. The van der Waals surface area contributed by atoms with E-state index >= 15 is 0 Å². The molecule has 0 radical (unpaired) electrons. The zero-order valence-corrected chi connectivity index (χ0v) is 10.7. The van der Waals surface area contributed by atoms with Crippen LogP contribution in [-0.2, 0) is 4.75 Å². The smallest absolute Gasteiger partial charge is 0.159 e. The number of Topliss-reactive ketones (excluding diaryl/α,β-unsaturated/α-hetero) is 1. The van der Waals surface area contributed by atoms with E-state index in [0.29, 0.717) is 0 Å². The van der Waals surface area contributed by atoms with Gasteiger partial charge in [-0.2, -0.15) is 11.8 Å². The first-order chi connectivity index (χ1) is 7.57. The Hall–Kier alpha value is -0.960. The van der Waals surface area contributed by atoms with E-state index in [1.807, 2.05) is 30.0 Å². The van der Waals surface area contributed by atoms with Gasteiger partial charge in [-0.25, -0.2) is 0 Å². The van der Waals surface area contributed by atoms with Gasteiger partial charge in [0.05, 0.1) is 6.61 Å². The number of hydrogen-bond donors (Lipinski definition) is 0. The van der Waals surface area contributed by atoms with Crippen LogP contribution in [0.4, 0.5) is 0 Å². The molecule has 0 aromatic heterocycles. The van der Waals surface area contributed by atoms with Crippen LogP contribution in [0.25, 0.3) is 0 Å². The summed E-state index contributed by atoms with van der Waals surface area (Å²) in [5.74, 6) is 1.03. The van der Waals surface area contributed by atoms with Crippen LogP contribution in [0.2, 0.25) is 0 Å². The molecule has 1 aliphatic heterocycles. The summed E-state index contributed by atoms with van der Waals surface area (Å²) in [6.07, 6.45) is 3.10. The number of fused-ring (bicyclic) bond motifs is 1. The summed E-state index contributed by atoms with van der Waals surface area (Å²) in [7, 11) is 0. The lowest BCUT2D eigenvalue weighted by molar-refractivity contribution is 0.101. The predicted molar refractivity (Wildman–Crippen MR) is 67.4 cm³/mol. The van der Waals surface area contributed by atoms with Crippen molar-refractivity contribution in [1.82, 2.24) is 0 Å². The predicted octanol–water partition coefficient (Wildman–Crippen LogP) is 3.25. The first-order valence-electron chi connectivity index (χ1n) is 5.40. The van der Waals surface area contributed by atoms with Crippen molar-refractivity contribution in [2.75, 3.05) is 12.9 Å². The summed E-state index contributed by atoms with van der Waals surface area (Å²) in [4.78, 5) is 11.4. The average molecular weight is 236 g/mol. The van der Waals surface area contributed by atoms with Gasteiger partial charge in [0.2, 0.25) is 0 Å². The minimum Gasteiger partial charge on any atom is -0.493 e. The molecule has 0 aliphatic carbocycles. The lowest BCUT2D eigenvalue weighted by Crippen LogP contribution is -2.26. The highest BCUT2D eigenvalue weighted by Gasteiger charge is 2.32. The monoisotopic (exact) mass is 236 g/mol. The van der Waals surface area contributed by atoms with Gasteiger partial charge >= 0.3 is 0 Å². The van der Waals surface area contributed by atoms with Crippen LogP contribution >= 0.6 is 11.8 Å². The minimum absolute atomic E-state index is 0.0685. The first-order valence-corrected chi connectivity index (χ1v) is 6.63. The molecule has 1 aliphatic rings. The zero-order valence-electron chi connectivity index (χ0n) is 9.87. The Morgan fingerprint density at radius 1 is 1.50 bits per heavy atom. The normalized spacial score (nSPS) is 23.4. The highest BCUT2D eigenvalue weighted by atomic mass is 32.2. The summed E-state index contributed by atoms with van der Waals surface area (Å²) in [6.45, 7) is 4.56. The molecule has 0 saturated heterocycles. The second-order valence-electron chi connectivity index (χ2n) is 4.30. The van der Waals surface area contributed by atoms with E-state index in [1.165, 1.54) is 0 Å². The molecule has 1 atom stereocenters. The summed E-state index contributed by atoms with van der Waals surface area (Å²) >= 11 is 1.82. The molecule has 16 heavy (non-hydrogen) atoms. The number of hydrogen-bond acceptors (Lipinski definition) is 3. The Morgan fingerprint density at radius 3 is 2.88 bits per heavy atom.